The molecule has 3 atom stereocenters. The van der Waals surface area contributed by atoms with E-state index < -0.39 is 5.60 Å². The topological polar surface area (TPSA) is 39.3 Å². The van der Waals surface area contributed by atoms with Crippen molar-refractivity contribution in [1.29, 1.82) is 0 Å². The fourth-order valence-electron chi connectivity index (χ4n) is 4.34. The number of fused-ring (bicyclic) bond motifs is 4. The second kappa shape index (κ2) is 4.97. The van der Waals surface area contributed by atoms with Gasteiger partial charge in [0.25, 0.3) is 0 Å². The first-order chi connectivity index (χ1) is 10.6. The van der Waals surface area contributed by atoms with Crippen molar-refractivity contribution in [3.05, 3.63) is 47.2 Å². The van der Waals surface area contributed by atoms with Crippen LogP contribution >= 0.6 is 0 Å². The lowest BCUT2D eigenvalue weighted by atomic mass is 9.75. The van der Waals surface area contributed by atoms with Crippen LogP contribution in [0.1, 0.15) is 37.4 Å². The number of allylic oxidation sites excluding steroid dienone is 1. The van der Waals surface area contributed by atoms with Crippen LogP contribution < -0.4 is 0 Å². The molecule has 3 aliphatic heterocycles. The van der Waals surface area contributed by atoms with E-state index in [1.165, 1.54) is 27.7 Å². The highest BCUT2D eigenvalue weighted by Crippen LogP contribution is 2.43. The highest BCUT2D eigenvalue weighted by atomic mass is 16.3. The maximum Gasteiger partial charge on any atom is 0.0961 e. The number of piperidine rings is 1. The molecule has 2 aromatic rings. The van der Waals surface area contributed by atoms with E-state index in [4.69, 9.17) is 0 Å². The standard InChI is InChI=1S/C19H24N2O/c1-3-14-12-21-10-8-16-15-6-4-5-7-17(15)20-18(16)13(2)19(14,22)9-11-21/h3-7,13,20,22H,8-12H2,1-2H3/b14-3-/t13-,19+/m1/s1. The Morgan fingerprint density at radius 1 is 1.32 bits per heavy atom. The van der Waals surface area contributed by atoms with Crippen molar-refractivity contribution in [3.8, 4) is 0 Å². The summed E-state index contributed by atoms with van der Waals surface area (Å²) in [5.41, 5.74) is 4.28. The zero-order valence-corrected chi connectivity index (χ0v) is 13.4. The van der Waals surface area contributed by atoms with E-state index in [0.717, 1.165) is 32.5 Å². The fourth-order valence-corrected chi connectivity index (χ4v) is 4.34. The summed E-state index contributed by atoms with van der Waals surface area (Å²) in [6, 6.07) is 8.52. The molecule has 1 unspecified atom stereocenters. The van der Waals surface area contributed by atoms with Crippen LogP contribution in [0.15, 0.2) is 35.9 Å². The maximum absolute atomic E-state index is 11.4. The Bertz CT molecular complexity index is 745. The largest absolute Gasteiger partial charge is 0.385 e. The summed E-state index contributed by atoms with van der Waals surface area (Å²) in [7, 11) is 0. The second-order valence-electron chi connectivity index (χ2n) is 6.80. The summed E-state index contributed by atoms with van der Waals surface area (Å²) in [5.74, 6) is 0.0985. The fraction of sp³-hybridized carbons (Fsp3) is 0.474. The van der Waals surface area contributed by atoms with Gasteiger partial charge >= 0.3 is 0 Å². The molecule has 1 saturated heterocycles. The smallest absolute Gasteiger partial charge is 0.0961 e. The quantitative estimate of drug-likeness (QED) is 0.733. The van der Waals surface area contributed by atoms with Gasteiger partial charge in [-0.15, -0.1) is 0 Å². The maximum atomic E-state index is 11.4. The number of hydrogen-bond acceptors (Lipinski definition) is 2. The van der Waals surface area contributed by atoms with Crippen molar-refractivity contribution in [2.75, 3.05) is 19.6 Å². The molecule has 2 bridgehead atoms. The molecule has 0 aliphatic carbocycles. The van der Waals surface area contributed by atoms with Crippen LogP contribution in [0.25, 0.3) is 10.9 Å². The van der Waals surface area contributed by atoms with Crippen LogP contribution in [0, 0.1) is 0 Å². The van der Waals surface area contributed by atoms with E-state index in [1.54, 1.807) is 0 Å². The number of aromatic amines is 1. The van der Waals surface area contributed by atoms with Crippen LogP contribution in [0.4, 0.5) is 0 Å². The van der Waals surface area contributed by atoms with Gasteiger partial charge in [-0.2, -0.15) is 0 Å². The van der Waals surface area contributed by atoms with E-state index in [1.807, 2.05) is 0 Å². The molecule has 3 aliphatic rings. The number of aliphatic hydroxyl groups is 1. The first kappa shape index (κ1) is 14.0. The van der Waals surface area contributed by atoms with Crippen LogP contribution in [-0.4, -0.2) is 40.2 Å². The third-order valence-electron chi connectivity index (χ3n) is 5.78. The van der Waals surface area contributed by atoms with Gasteiger partial charge in [-0.1, -0.05) is 31.2 Å². The molecule has 0 amide bonds. The van der Waals surface area contributed by atoms with Gasteiger partial charge in [0, 0.05) is 42.1 Å². The Morgan fingerprint density at radius 3 is 2.95 bits per heavy atom. The highest BCUT2D eigenvalue weighted by Gasteiger charge is 2.44. The van der Waals surface area contributed by atoms with Gasteiger partial charge in [-0.3, -0.25) is 4.90 Å². The molecule has 3 nitrogen and oxygen atoms in total. The lowest BCUT2D eigenvalue weighted by Gasteiger charge is -2.43. The van der Waals surface area contributed by atoms with E-state index in [2.05, 4.69) is 54.1 Å². The third kappa shape index (κ3) is 1.89. The molecule has 1 aromatic heterocycles. The molecule has 0 saturated carbocycles. The molecule has 5 rings (SSSR count). The van der Waals surface area contributed by atoms with Crippen molar-refractivity contribution in [1.82, 2.24) is 9.88 Å². The molecule has 1 aromatic carbocycles. The summed E-state index contributed by atoms with van der Waals surface area (Å²) in [5, 5.41) is 12.8. The predicted octanol–water partition coefficient (Wildman–Crippen LogP) is 3.21. The summed E-state index contributed by atoms with van der Waals surface area (Å²) in [6.45, 7) is 7.19. The van der Waals surface area contributed by atoms with Crippen LogP contribution in [0.3, 0.4) is 0 Å². The molecule has 116 valence electrons. The molecule has 1 fully saturated rings. The van der Waals surface area contributed by atoms with E-state index in [0.29, 0.717) is 0 Å². The number of nitrogens with zero attached hydrogens (tertiary/aromatic N) is 1. The van der Waals surface area contributed by atoms with E-state index in [9.17, 15) is 5.11 Å². The Hall–Kier alpha value is -1.58. The molecular weight excluding hydrogens is 272 g/mol. The zero-order valence-electron chi connectivity index (χ0n) is 13.4. The molecular formula is C19H24N2O. The average Bonchev–Trinajstić information content (AvgIpc) is 2.93. The molecule has 22 heavy (non-hydrogen) atoms. The van der Waals surface area contributed by atoms with Gasteiger partial charge in [0.2, 0.25) is 0 Å². The second-order valence-corrected chi connectivity index (χ2v) is 6.80. The molecule has 3 heteroatoms. The van der Waals surface area contributed by atoms with E-state index >= 15 is 0 Å². The minimum Gasteiger partial charge on any atom is -0.385 e. The normalized spacial score (nSPS) is 33.5. The Balaban J connectivity index is 1.93. The monoisotopic (exact) mass is 296 g/mol. The number of hydrogen-bond donors (Lipinski definition) is 2. The SMILES string of the molecule is C/C=C1/CN2CCc3c([nH]c4ccccc34)[C@@H](C)[C@@]1(O)CC2. The van der Waals surface area contributed by atoms with Crippen molar-refractivity contribution in [2.24, 2.45) is 0 Å². The van der Waals surface area contributed by atoms with Crippen LogP contribution in [0.5, 0.6) is 0 Å². The number of rotatable bonds is 0. The zero-order chi connectivity index (χ0) is 15.3. The van der Waals surface area contributed by atoms with Crippen molar-refractivity contribution >= 4 is 10.9 Å². The van der Waals surface area contributed by atoms with Crippen molar-refractivity contribution < 1.29 is 5.11 Å². The number of para-hydroxylation sites is 1. The van der Waals surface area contributed by atoms with Crippen LogP contribution in [0.2, 0.25) is 0 Å². The molecule has 2 N–H and O–H groups in total. The van der Waals surface area contributed by atoms with Gasteiger partial charge < -0.3 is 10.1 Å². The summed E-state index contributed by atoms with van der Waals surface area (Å²) in [4.78, 5) is 6.09. The van der Waals surface area contributed by atoms with Crippen LogP contribution in [-0.2, 0) is 6.42 Å². The first-order valence-corrected chi connectivity index (χ1v) is 8.33. The summed E-state index contributed by atoms with van der Waals surface area (Å²) >= 11 is 0. The highest BCUT2D eigenvalue weighted by molar-refractivity contribution is 5.85. The van der Waals surface area contributed by atoms with Gasteiger partial charge in [0.1, 0.15) is 0 Å². The molecule has 0 spiro atoms. The molecule has 0 radical (unpaired) electrons. The average molecular weight is 296 g/mol. The Kier molecular flexibility index (Phi) is 3.17. The number of aromatic nitrogens is 1. The summed E-state index contributed by atoms with van der Waals surface area (Å²) < 4.78 is 0. The Morgan fingerprint density at radius 2 is 2.14 bits per heavy atom. The van der Waals surface area contributed by atoms with Gasteiger partial charge in [0.05, 0.1) is 5.60 Å². The first-order valence-electron chi connectivity index (χ1n) is 8.33. The Labute approximate surface area is 131 Å². The summed E-state index contributed by atoms with van der Waals surface area (Å²) in [6.07, 6.45) is 4.00. The van der Waals surface area contributed by atoms with Crippen molar-refractivity contribution in [2.45, 2.75) is 38.2 Å². The minimum atomic E-state index is -0.717. The predicted molar refractivity (Wildman–Crippen MR) is 90.2 cm³/mol. The van der Waals surface area contributed by atoms with Gasteiger partial charge in [0.15, 0.2) is 0 Å². The lowest BCUT2D eigenvalue weighted by Crippen LogP contribution is -2.49. The van der Waals surface area contributed by atoms with E-state index in [-0.39, 0.29) is 5.92 Å². The number of nitrogens with one attached hydrogen (secondary N) is 1. The van der Waals surface area contributed by atoms with Gasteiger partial charge in [-0.25, -0.2) is 0 Å². The minimum absolute atomic E-state index is 0.0985. The number of benzene rings is 1. The number of H-pyrrole nitrogens is 1. The third-order valence-corrected chi connectivity index (χ3v) is 5.78. The molecule has 4 heterocycles. The van der Waals surface area contributed by atoms with Crippen molar-refractivity contribution in [3.63, 3.8) is 0 Å². The lowest BCUT2D eigenvalue weighted by molar-refractivity contribution is 0.00969. The van der Waals surface area contributed by atoms with Gasteiger partial charge in [-0.05, 0) is 37.0 Å².